The fourth-order valence-corrected chi connectivity index (χ4v) is 4.34. The average Bonchev–Trinajstić information content (AvgIpc) is 2.75. The quantitative estimate of drug-likeness (QED) is 0.676. The molecule has 0 bridgehead atoms. The minimum atomic E-state index is -3.67. The number of alkyl halides is 3. The normalized spacial score (nSPS) is 14.7. The van der Waals surface area contributed by atoms with Crippen molar-refractivity contribution >= 4 is 27.7 Å². The van der Waals surface area contributed by atoms with E-state index in [1.807, 2.05) is 25.2 Å². The number of hydrogen-bond donors (Lipinski definition) is 1. The smallest absolute Gasteiger partial charge is 0.379 e. The van der Waals surface area contributed by atoms with Crippen LogP contribution in [0.25, 0.3) is 10.9 Å². The van der Waals surface area contributed by atoms with Crippen LogP contribution in [0, 0.1) is 12.7 Å². The van der Waals surface area contributed by atoms with Crippen molar-refractivity contribution in [2.24, 2.45) is 0 Å². The van der Waals surface area contributed by atoms with Crippen LogP contribution in [0.15, 0.2) is 57.9 Å². The Hall–Kier alpha value is -2.68. The predicted molar refractivity (Wildman–Crippen MR) is 103 cm³/mol. The second-order valence-corrected chi connectivity index (χ2v) is 7.68. The van der Waals surface area contributed by atoms with Gasteiger partial charge in [-0.05, 0) is 50.6 Å². The monoisotopic (exact) mass is 429 g/mol. The Morgan fingerprint density at radius 2 is 1.90 bits per heavy atom. The summed E-state index contributed by atoms with van der Waals surface area (Å²) in [6.45, 7) is -0.221. The van der Waals surface area contributed by atoms with Crippen LogP contribution >= 0.6 is 0 Å². The minimum absolute atomic E-state index is 0.265. The molecule has 156 valence electrons. The molecule has 1 atom stereocenters. The Bertz CT molecular complexity index is 1040. The van der Waals surface area contributed by atoms with Crippen molar-refractivity contribution in [3.63, 3.8) is 0 Å². The van der Waals surface area contributed by atoms with Crippen molar-refractivity contribution < 1.29 is 31.7 Å². The number of aliphatic carboxylic acids is 1. The third-order valence-electron chi connectivity index (χ3n) is 4.17. The lowest BCUT2D eigenvalue weighted by molar-refractivity contribution is -0.137. The van der Waals surface area contributed by atoms with E-state index < -0.39 is 29.3 Å². The van der Waals surface area contributed by atoms with Crippen LogP contribution in [0.5, 0.6) is 0 Å². The van der Waals surface area contributed by atoms with Gasteiger partial charge >= 0.3 is 12.6 Å². The Kier molecular flexibility index (Phi) is 7.55. The van der Waals surface area contributed by atoms with Crippen molar-refractivity contribution in [1.82, 2.24) is 4.57 Å². The van der Waals surface area contributed by atoms with Gasteiger partial charge in [0.1, 0.15) is 12.4 Å². The number of allylic oxidation sites excluding steroid dienone is 5. The van der Waals surface area contributed by atoms with E-state index >= 15 is 0 Å². The molecule has 0 saturated heterocycles. The summed E-state index contributed by atoms with van der Waals surface area (Å²) in [7, 11) is -1.54. The van der Waals surface area contributed by atoms with Crippen LogP contribution in [-0.4, -0.2) is 26.5 Å². The van der Waals surface area contributed by atoms with Gasteiger partial charge in [-0.25, -0.2) is 8.60 Å². The second kappa shape index (κ2) is 9.69. The maximum atomic E-state index is 13.8. The standard InChI is InChI=1S/C19H18FNO3S.CHF3/c1-12-4-3-5-15(8-6-12)25(24)19-13(2)21(11-18(22)23)17-9-7-14(20)10-16(17)19;2-1(3)4/h3,5-10H,4,11H2,1-2H3,(H,22,23);1H. The first-order chi connectivity index (χ1) is 13.6. The molecule has 0 radical (unpaired) electrons. The van der Waals surface area contributed by atoms with Gasteiger partial charge < -0.3 is 9.67 Å². The van der Waals surface area contributed by atoms with Gasteiger partial charge in [-0.2, -0.15) is 13.2 Å². The lowest BCUT2D eigenvalue weighted by Crippen LogP contribution is -2.10. The Balaban J connectivity index is 0.000000687. The molecule has 1 N–H and O–H groups in total. The summed E-state index contributed by atoms with van der Waals surface area (Å²) in [5.74, 6) is -1.45. The van der Waals surface area contributed by atoms with E-state index in [4.69, 9.17) is 5.11 Å². The van der Waals surface area contributed by atoms with Gasteiger partial charge in [-0.3, -0.25) is 4.79 Å². The van der Waals surface area contributed by atoms with Crippen molar-refractivity contribution in [1.29, 1.82) is 0 Å². The summed E-state index contributed by atoms with van der Waals surface area (Å²) < 4.78 is 57.5. The fraction of sp³-hybridized carbons (Fsp3) is 0.250. The summed E-state index contributed by atoms with van der Waals surface area (Å²) in [5.41, 5.74) is 2.29. The number of benzene rings is 1. The summed E-state index contributed by atoms with van der Waals surface area (Å²) in [6.07, 6.45) is 8.25. The first-order valence-electron chi connectivity index (χ1n) is 8.50. The SMILES string of the molecule is CC1=CC=C(S(=O)c2c(C)n(CC(=O)O)c3ccc(F)cc23)C=CC1.FC(F)F. The number of hydrogen-bond acceptors (Lipinski definition) is 2. The average molecular weight is 429 g/mol. The molecule has 1 unspecified atom stereocenters. The predicted octanol–water partition coefficient (Wildman–Crippen LogP) is 5.25. The molecular weight excluding hydrogens is 410 g/mol. The first-order valence-corrected chi connectivity index (χ1v) is 9.65. The lowest BCUT2D eigenvalue weighted by Gasteiger charge is -2.06. The third-order valence-corrected chi connectivity index (χ3v) is 5.76. The summed E-state index contributed by atoms with van der Waals surface area (Å²) in [6, 6.07) is 4.13. The van der Waals surface area contributed by atoms with Gasteiger partial charge in [-0.15, -0.1) is 0 Å². The molecule has 0 fully saturated rings. The van der Waals surface area contributed by atoms with E-state index in [9.17, 15) is 26.6 Å². The van der Waals surface area contributed by atoms with Gasteiger partial charge in [-0.1, -0.05) is 17.7 Å². The molecule has 1 aliphatic carbocycles. The summed E-state index contributed by atoms with van der Waals surface area (Å²) in [5, 5.41) is 9.65. The zero-order valence-electron chi connectivity index (χ0n) is 15.7. The van der Waals surface area contributed by atoms with Crippen LogP contribution in [0.2, 0.25) is 0 Å². The van der Waals surface area contributed by atoms with Crippen molar-refractivity contribution in [3.8, 4) is 0 Å². The molecule has 29 heavy (non-hydrogen) atoms. The zero-order chi connectivity index (χ0) is 21.7. The number of aromatic nitrogens is 1. The van der Waals surface area contributed by atoms with Gasteiger partial charge in [0.25, 0.3) is 0 Å². The van der Waals surface area contributed by atoms with Crippen LogP contribution in [0.1, 0.15) is 19.0 Å². The van der Waals surface area contributed by atoms with Gasteiger partial charge in [0.15, 0.2) is 0 Å². The zero-order valence-corrected chi connectivity index (χ0v) is 16.5. The van der Waals surface area contributed by atoms with Crippen molar-refractivity contribution in [2.75, 3.05) is 0 Å². The lowest BCUT2D eigenvalue weighted by atomic mass is 10.2. The van der Waals surface area contributed by atoms with E-state index in [1.165, 1.54) is 18.2 Å². The summed E-state index contributed by atoms with van der Waals surface area (Å²) >= 11 is 0. The maximum absolute atomic E-state index is 13.8. The number of nitrogens with zero attached hydrogens (tertiary/aromatic N) is 1. The molecule has 1 aliphatic rings. The number of carboxylic acid groups (broad SMARTS) is 1. The number of carbonyl (C=O) groups is 1. The van der Waals surface area contributed by atoms with E-state index in [0.29, 0.717) is 26.4 Å². The Morgan fingerprint density at radius 3 is 2.52 bits per heavy atom. The molecule has 1 aromatic heterocycles. The Morgan fingerprint density at radius 1 is 1.24 bits per heavy atom. The maximum Gasteiger partial charge on any atom is 0.379 e. The molecule has 0 amide bonds. The first kappa shape index (κ1) is 22.6. The second-order valence-electron chi connectivity index (χ2n) is 6.26. The van der Waals surface area contributed by atoms with Gasteiger partial charge in [0, 0.05) is 16.0 Å². The van der Waals surface area contributed by atoms with Crippen molar-refractivity contribution in [3.05, 3.63) is 64.5 Å². The molecule has 2 aromatic rings. The highest BCUT2D eigenvalue weighted by Crippen LogP contribution is 2.32. The van der Waals surface area contributed by atoms with E-state index in [-0.39, 0.29) is 6.54 Å². The minimum Gasteiger partial charge on any atom is -0.480 e. The van der Waals surface area contributed by atoms with Crippen LogP contribution in [0.4, 0.5) is 17.6 Å². The van der Waals surface area contributed by atoms with E-state index in [1.54, 1.807) is 17.6 Å². The van der Waals surface area contributed by atoms with E-state index in [2.05, 4.69) is 0 Å². The van der Waals surface area contributed by atoms with E-state index in [0.717, 1.165) is 12.0 Å². The highest BCUT2D eigenvalue weighted by Gasteiger charge is 2.22. The highest BCUT2D eigenvalue weighted by atomic mass is 32.2. The highest BCUT2D eigenvalue weighted by molar-refractivity contribution is 7.89. The molecule has 0 spiro atoms. The molecule has 1 aromatic carbocycles. The van der Waals surface area contributed by atoms with Gasteiger partial charge in [0.2, 0.25) is 0 Å². The van der Waals surface area contributed by atoms with Crippen molar-refractivity contribution in [2.45, 2.75) is 38.4 Å². The molecule has 0 saturated carbocycles. The number of fused-ring (bicyclic) bond motifs is 1. The summed E-state index contributed by atoms with van der Waals surface area (Å²) in [4.78, 5) is 12.3. The molecule has 1 heterocycles. The topological polar surface area (TPSA) is 59.3 Å². The molecule has 3 rings (SSSR count). The van der Waals surface area contributed by atoms with Crippen LogP contribution in [0.3, 0.4) is 0 Å². The number of carboxylic acids is 1. The fourth-order valence-electron chi connectivity index (χ4n) is 2.95. The molecule has 0 aliphatic heterocycles. The van der Waals surface area contributed by atoms with Gasteiger partial charge in [0.05, 0.1) is 21.2 Å². The number of halogens is 4. The molecule has 4 nitrogen and oxygen atoms in total. The third kappa shape index (κ3) is 5.66. The largest absolute Gasteiger partial charge is 0.480 e. The molecular formula is C20H19F4NO3S. The number of rotatable bonds is 4. The van der Waals surface area contributed by atoms with Crippen LogP contribution in [-0.2, 0) is 22.1 Å². The Labute approximate surface area is 167 Å². The molecule has 9 heteroatoms. The van der Waals surface area contributed by atoms with Crippen LogP contribution < -0.4 is 0 Å².